The number of hydrogen-bond acceptors (Lipinski definition) is 4. The van der Waals surface area contributed by atoms with E-state index in [1.807, 2.05) is 6.07 Å². The molecule has 5 rings (SSSR count). The van der Waals surface area contributed by atoms with E-state index in [2.05, 4.69) is 32.9 Å². The molecule has 4 heterocycles. The summed E-state index contributed by atoms with van der Waals surface area (Å²) in [5.41, 5.74) is 2.34. The smallest absolute Gasteiger partial charge is 0.226 e. The molecule has 1 aromatic heterocycles. The molecule has 5 heteroatoms. The Morgan fingerprint density at radius 1 is 0.966 bits per heavy atom. The largest absolute Gasteiger partial charge is 0.464 e. The monoisotopic (exact) mass is 395 g/mol. The lowest BCUT2D eigenvalue weighted by atomic mass is 9.93. The maximum atomic E-state index is 12.8. The van der Waals surface area contributed by atoms with Gasteiger partial charge in [-0.1, -0.05) is 6.07 Å². The van der Waals surface area contributed by atoms with Crippen LogP contribution in [0.2, 0.25) is 0 Å². The van der Waals surface area contributed by atoms with Crippen LogP contribution in [-0.4, -0.2) is 65.9 Å². The summed E-state index contributed by atoms with van der Waals surface area (Å²) in [4.78, 5) is 20.2. The van der Waals surface area contributed by atoms with Crippen molar-refractivity contribution in [2.24, 2.45) is 5.92 Å². The average Bonchev–Trinajstić information content (AvgIpc) is 3.46. The van der Waals surface area contributed by atoms with Crippen LogP contribution in [0.25, 0.3) is 11.0 Å². The molecule has 0 radical (unpaired) electrons. The molecule has 5 nitrogen and oxygen atoms in total. The first kappa shape index (κ1) is 19.1. The van der Waals surface area contributed by atoms with Crippen molar-refractivity contribution < 1.29 is 9.21 Å². The lowest BCUT2D eigenvalue weighted by molar-refractivity contribution is -0.136. The number of fused-ring (bicyclic) bond motifs is 1. The number of furan rings is 1. The van der Waals surface area contributed by atoms with E-state index in [1.165, 1.54) is 49.6 Å². The molecule has 0 saturated carbocycles. The van der Waals surface area contributed by atoms with Crippen LogP contribution in [0.1, 0.15) is 44.1 Å². The first-order chi connectivity index (χ1) is 14.3. The number of amides is 1. The number of nitrogens with zero attached hydrogens (tertiary/aromatic N) is 3. The number of carbonyl (C=O) groups is 1. The maximum Gasteiger partial charge on any atom is 0.226 e. The fraction of sp³-hybridized carbons (Fsp3) is 0.625. The van der Waals surface area contributed by atoms with Crippen LogP contribution in [0.15, 0.2) is 34.9 Å². The van der Waals surface area contributed by atoms with Crippen LogP contribution < -0.4 is 0 Å². The quantitative estimate of drug-likeness (QED) is 0.791. The Kier molecular flexibility index (Phi) is 5.60. The molecule has 3 saturated heterocycles. The van der Waals surface area contributed by atoms with E-state index in [0.29, 0.717) is 11.9 Å². The summed E-state index contributed by atoms with van der Waals surface area (Å²) in [7, 11) is 0. The third kappa shape index (κ3) is 4.22. The normalized spacial score (nSPS) is 25.1. The fourth-order valence-corrected chi connectivity index (χ4v) is 5.55. The topological polar surface area (TPSA) is 39.9 Å². The molecular weight excluding hydrogens is 362 g/mol. The third-order valence-corrected chi connectivity index (χ3v) is 7.22. The lowest BCUT2D eigenvalue weighted by Crippen LogP contribution is -2.51. The molecule has 1 unspecified atom stereocenters. The SMILES string of the molecule is O=C(C1CCCN(C2CCN(Cc3ccc4occc4c3)CC2)C1)N1CCCC1. The van der Waals surface area contributed by atoms with Crippen molar-refractivity contribution in [3.05, 3.63) is 36.1 Å². The summed E-state index contributed by atoms with van der Waals surface area (Å²) in [6.45, 7) is 7.44. The molecule has 2 aromatic rings. The van der Waals surface area contributed by atoms with Gasteiger partial charge in [-0.15, -0.1) is 0 Å². The van der Waals surface area contributed by atoms with Crippen LogP contribution in [0.3, 0.4) is 0 Å². The molecule has 0 aliphatic carbocycles. The van der Waals surface area contributed by atoms with Crippen molar-refractivity contribution in [3.8, 4) is 0 Å². The zero-order chi connectivity index (χ0) is 19.6. The van der Waals surface area contributed by atoms with Gasteiger partial charge in [-0.2, -0.15) is 0 Å². The average molecular weight is 396 g/mol. The van der Waals surface area contributed by atoms with Crippen LogP contribution in [-0.2, 0) is 11.3 Å². The summed E-state index contributed by atoms with van der Waals surface area (Å²) in [6, 6.07) is 9.22. The second-order valence-corrected chi connectivity index (χ2v) is 9.17. The number of piperidine rings is 2. The Hall–Kier alpha value is -1.85. The van der Waals surface area contributed by atoms with Crippen molar-refractivity contribution in [1.29, 1.82) is 0 Å². The van der Waals surface area contributed by atoms with E-state index in [-0.39, 0.29) is 5.92 Å². The van der Waals surface area contributed by atoms with E-state index in [1.54, 1.807) is 6.26 Å². The van der Waals surface area contributed by atoms with Gasteiger partial charge >= 0.3 is 0 Å². The standard InChI is InChI=1S/C24H33N3O2/c28-24(26-10-1-2-11-26)21-4-3-12-27(18-21)22-7-13-25(14-8-22)17-19-5-6-23-20(16-19)9-15-29-23/h5-6,9,15-16,21-22H,1-4,7-8,10-14,17-18H2. The number of likely N-dealkylation sites (tertiary alicyclic amines) is 3. The first-order valence-corrected chi connectivity index (χ1v) is 11.5. The summed E-state index contributed by atoms with van der Waals surface area (Å²) in [6.07, 6.45) is 8.84. The molecular formula is C24H33N3O2. The second-order valence-electron chi connectivity index (χ2n) is 9.17. The molecule has 1 amide bonds. The number of rotatable bonds is 4. The third-order valence-electron chi connectivity index (χ3n) is 7.22. The van der Waals surface area contributed by atoms with Crippen molar-refractivity contribution in [2.75, 3.05) is 39.3 Å². The fourth-order valence-electron chi connectivity index (χ4n) is 5.55. The van der Waals surface area contributed by atoms with E-state index in [0.717, 1.165) is 51.3 Å². The van der Waals surface area contributed by atoms with Crippen molar-refractivity contribution in [1.82, 2.24) is 14.7 Å². The molecule has 1 aromatic carbocycles. The minimum absolute atomic E-state index is 0.238. The lowest BCUT2D eigenvalue weighted by Gasteiger charge is -2.42. The Morgan fingerprint density at radius 2 is 1.79 bits per heavy atom. The Balaban J connectivity index is 1.13. The summed E-state index contributed by atoms with van der Waals surface area (Å²) < 4.78 is 5.46. The highest BCUT2D eigenvalue weighted by Gasteiger charge is 2.34. The number of carbonyl (C=O) groups excluding carboxylic acids is 1. The van der Waals surface area contributed by atoms with Gasteiger partial charge in [-0.05, 0) is 81.9 Å². The molecule has 3 aliphatic heterocycles. The van der Waals surface area contributed by atoms with E-state index >= 15 is 0 Å². The Morgan fingerprint density at radius 3 is 2.62 bits per heavy atom. The van der Waals surface area contributed by atoms with Gasteiger partial charge in [0.25, 0.3) is 0 Å². The van der Waals surface area contributed by atoms with Gasteiger partial charge in [-0.3, -0.25) is 14.6 Å². The molecule has 3 fully saturated rings. The number of benzene rings is 1. The van der Waals surface area contributed by atoms with Crippen molar-refractivity contribution >= 4 is 16.9 Å². The molecule has 0 spiro atoms. The molecule has 29 heavy (non-hydrogen) atoms. The Bertz CT molecular complexity index is 834. The van der Waals surface area contributed by atoms with Crippen LogP contribution in [0.5, 0.6) is 0 Å². The summed E-state index contributed by atoms with van der Waals surface area (Å²) in [5, 5.41) is 1.19. The van der Waals surface area contributed by atoms with Gasteiger partial charge < -0.3 is 9.32 Å². The highest BCUT2D eigenvalue weighted by molar-refractivity contribution is 5.79. The van der Waals surface area contributed by atoms with Gasteiger partial charge in [0.2, 0.25) is 5.91 Å². The molecule has 3 aliphatic rings. The van der Waals surface area contributed by atoms with Crippen LogP contribution in [0, 0.1) is 5.92 Å². The molecule has 156 valence electrons. The van der Waals surface area contributed by atoms with Gasteiger partial charge in [-0.25, -0.2) is 0 Å². The second kappa shape index (κ2) is 8.49. The maximum absolute atomic E-state index is 12.8. The van der Waals surface area contributed by atoms with E-state index < -0.39 is 0 Å². The first-order valence-electron chi connectivity index (χ1n) is 11.5. The minimum Gasteiger partial charge on any atom is -0.464 e. The van der Waals surface area contributed by atoms with Gasteiger partial charge in [0, 0.05) is 37.6 Å². The van der Waals surface area contributed by atoms with Gasteiger partial charge in [0.1, 0.15) is 5.58 Å². The van der Waals surface area contributed by atoms with Gasteiger partial charge in [0.15, 0.2) is 0 Å². The summed E-state index contributed by atoms with van der Waals surface area (Å²) in [5.74, 6) is 0.667. The van der Waals surface area contributed by atoms with Crippen LogP contribution in [0.4, 0.5) is 0 Å². The zero-order valence-electron chi connectivity index (χ0n) is 17.4. The molecule has 0 N–H and O–H groups in total. The van der Waals surface area contributed by atoms with Crippen molar-refractivity contribution in [2.45, 2.75) is 51.1 Å². The number of hydrogen-bond donors (Lipinski definition) is 0. The van der Waals surface area contributed by atoms with E-state index in [4.69, 9.17) is 4.42 Å². The highest BCUT2D eigenvalue weighted by Crippen LogP contribution is 2.27. The zero-order valence-corrected chi connectivity index (χ0v) is 17.4. The minimum atomic E-state index is 0.238. The predicted octanol–water partition coefficient (Wildman–Crippen LogP) is 3.73. The van der Waals surface area contributed by atoms with Crippen LogP contribution >= 0.6 is 0 Å². The van der Waals surface area contributed by atoms with Gasteiger partial charge in [0.05, 0.1) is 12.2 Å². The van der Waals surface area contributed by atoms with Crippen molar-refractivity contribution in [3.63, 3.8) is 0 Å². The predicted molar refractivity (Wildman–Crippen MR) is 115 cm³/mol. The highest BCUT2D eigenvalue weighted by atomic mass is 16.3. The Labute approximate surface area is 173 Å². The summed E-state index contributed by atoms with van der Waals surface area (Å²) >= 11 is 0. The van der Waals surface area contributed by atoms with E-state index in [9.17, 15) is 4.79 Å². The molecule has 1 atom stereocenters. The molecule has 0 bridgehead atoms.